The van der Waals surface area contributed by atoms with Crippen LogP contribution in [0.1, 0.15) is 17.8 Å². The summed E-state index contributed by atoms with van der Waals surface area (Å²) in [5.74, 6) is 0.815. The first-order valence-electron chi connectivity index (χ1n) is 6.07. The molecule has 2 aromatic rings. The second-order valence-corrected chi connectivity index (χ2v) is 6.56. The van der Waals surface area contributed by atoms with Crippen LogP contribution in [0.25, 0.3) is 10.2 Å². The van der Waals surface area contributed by atoms with E-state index in [1.165, 1.54) is 35.6 Å². The molecular formula is C13H15BrN2S. The van der Waals surface area contributed by atoms with Crippen LogP contribution in [0, 0.1) is 5.92 Å². The van der Waals surface area contributed by atoms with E-state index in [0.717, 1.165) is 22.3 Å². The maximum atomic E-state index is 4.76. The van der Waals surface area contributed by atoms with Gasteiger partial charge in [-0.05, 0) is 59.9 Å². The summed E-state index contributed by atoms with van der Waals surface area (Å²) in [7, 11) is 0. The predicted octanol–water partition coefficient (Wildman–Crippen LogP) is 3.60. The average Bonchev–Trinajstić information content (AvgIpc) is 2.74. The van der Waals surface area contributed by atoms with Gasteiger partial charge in [-0.1, -0.05) is 6.07 Å². The van der Waals surface area contributed by atoms with Crippen molar-refractivity contribution in [3.8, 4) is 0 Å². The summed E-state index contributed by atoms with van der Waals surface area (Å²) in [6.45, 7) is 2.33. The molecule has 17 heavy (non-hydrogen) atoms. The molecule has 2 nitrogen and oxygen atoms in total. The molecular weight excluding hydrogens is 296 g/mol. The van der Waals surface area contributed by atoms with E-state index in [9.17, 15) is 0 Å². The monoisotopic (exact) mass is 310 g/mol. The zero-order chi connectivity index (χ0) is 11.7. The van der Waals surface area contributed by atoms with Gasteiger partial charge in [-0.3, -0.25) is 0 Å². The van der Waals surface area contributed by atoms with Gasteiger partial charge in [0.2, 0.25) is 0 Å². The Bertz CT molecular complexity index is 517. The Hall–Kier alpha value is -0.450. The van der Waals surface area contributed by atoms with Crippen LogP contribution in [0.5, 0.6) is 0 Å². The van der Waals surface area contributed by atoms with Crippen LogP contribution in [0.15, 0.2) is 22.7 Å². The highest BCUT2D eigenvalue weighted by Gasteiger charge is 2.16. The van der Waals surface area contributed by atoms with Gasteiger partial charge >= 0.3 is 0 Å². The van der Waals surface area contributed by atoms with Crippen LogP contribution in [0.3, 0.4) is 0 Å². The van der Waals surface area contributed by atoms with Crippen molar-refractivity contribution in [2.75, 3.05) is 13.1 Å². The van der Waals surface area contributed by atoms with Crippen LogP contribution < -0.4 is 5.32 Å². The van der Waals surface area contributed by atoms with Gasteiger partial charge in [-0.25, -0.2) is 4.98 Å². The number of hydrogen-bond acceptors (Lipinski definition) is 3. The van der Waals surface area contributed by atoms with E-state index in [2.05, 4.69) is 39.4 Å². The van der Waals surface area contributed by atoms with Crippen molar-refractivity contribution < 1.29 is 0 Å². The lowest BCUT2D eigenvalue weighted by Gasteiger charge is -2.21. The number of halogens is 1. The topological polar surface area (TPSA) is 24.9 Å². The maximum absolute atomic E-state index is 4.76. The van der Waals surface area contributed by atoms with Crippen LogP contribution in [-0.4, -0.2) is 18.1 Å². The molecule has 0 spiro atoms. The Balaban J connectivity index is 1.83. The SMILES string of the molecule is Brc1cccc2sc(CC3CCNCC3)nc12. The summed E-state index contributed by atoms with van der Waals surface area (Å²) >= 11 is 5.41. The summed E-state index contributed by atoms with van der Waals surface area (Å²) in [5.41, 5.74) is 1.13. The molecule has 1 aliphatic rings. The first kappa shape index (κ1) is 11.6. The van der Waals surface area contributed by atoms with Crippen molar-refractivity contribution >= 4 is 37.5 Å². The van der Waals surface area contributed by atoms with E-state index in [1.54, 1.807) is 0 Å². The fraction of sp³-hybridized carbons (Fsp3) is 0.462. The molecule has 0 amide bonds. The van der Waals surface area contributed by atoms with Crippen LogP contribution in [0.2, 0.25) is 0 Å². The average molecular weight is 311 g/mol. The van der Waals surface area contributed by atoms with E-state index in [4.69, 9.17) is 4.98 Å². The van der Waals surface area contributed by atoms with Gasteiger partial charge < -0.3 is 5.32 Å². The lowest BCUT2D eigenvalue weighted by Crippen LogP contribution is -2.28. The number of thiazole rings is 1. The molecule has 2 heterocycles. The molecule has 0 saturated carbocycles. The van der Waals surface area contributed by atoms with E-state index >= 15 is 0 Å². The van der Waals surface area contributed by atoms with Crippen molar-refractivity contribution in [2.45, 2.75) is 19.3 Å². The number of hydrogen-bond donors (Lipinski definition) is 1. The smallest absolute Gasteiger partial charge is 0.0957 e. The Morgan fingerprint density at radius 1 is 1.35 bits per heavy atom. The van der Waals surface area contributed by atoms with E-state index in [1.807, 2.05) is 11.3 Å². The first-order chi connectivity index (χ1) is 8.33. The standard InChI is InChI=1S/C13H15BrN2S/c14-10-2-1-3-11-13(10)16-12(17-11)8-9-4-6-15-7-5-9/h1-3,9,15H,4-8H2. The Morgan fingerprint density at radius 2 is 2.18 bits per heavy atom. The number of aromatic nitrogens is 1. The van der Waals surface area contributed by atoms with Gasteiger partial charge in [0, 0.05) is 10.9 Å². The lowest BCUT2D eigenvalue weighted by atomic mass is 9.95. The first-order valence-corrected chi connectivity index (χ1v) is 7.68. The van der Waals surface area contributed by atoms with Crippen molar-refractivity contribution in [3.05, 3.63) is 27.7 Å². The van der Waals surface area contributed by atoms with E-state index in [-0.39, 0.29) is 0 Å². The minimum Gasteiger partial charge on any atom is -0.317 e. The fourth-order valence-corrected chi connectivity index (χ4v) is 4.08. The van der Waals surface area contributed by atoms with Crippen molar-refractivity contribution in [1.82, 2.24) is 10.3 Å². The summed E-state index contributed by atoms with van der Waals surface area (Å²) in [4.78, 5) is 4.76. The van der Waals surface area contributed by atoms with E-state index in [0.29, 0.717) is 0 Å². The van der Waals surface area contributed by atoms with E-state index < -0.39 is 0 Å². The summed E-state index contributed by atoms with van der Waals surface area (Å²) in [6, 6.07) is 6.30. The number of piperidine rings is 1. The second-order valence-electron chi connectivity index (χ2n) is 4.59. The van der Waals surface area contributed by atoms with Crippen molar-refractivity contribution in [2.24, 2.45) is 5.92 Å². The molecule has 1 aromatic heterocycles. The summed E-state index contributed by atoms with van der Waals surface area (Å²) < 4.78 is 2.41. The molecule has 1 N–H and O–H groups in total. The van der Waals surface area contributed by atoms with Gasteiger partial charge in [0.25, 0.3) is 0 Å². The van der Waals surface area contributed by atoms with Gasteiger partial charge in [-0.2, -0.15) is 0 Å². The van der Waals surface area contributed by atoms with Crippen molar-refractivity contribution in [3.63, 3.8) is 0 Å². The number of rotatable bonds is 2. The number of nitrogens with zero attached hydrogens (tertiary/aromatic N) is 1. The quantitative estimate of drug-likeness (QED) is 0.916. The zero-order valence-electron chi connectivity index (χ0n) is 9.58. The lowest BCUT2D eigenvalue weighted by molar-refractivity contribution is 0.372. The van der Waals surface area contributed by atoms with Gasteiger partial charge in [0.1, 0.15) is 0 Å². The highest BCUT2D eigenvalue weighted by atomic mass is 79.9. The Kier molecular flexibility index (Phi) is 3.45. The zero-order valence-corrected chi connectivity index (χ0v) is 12.0. The Morgan fingerprint density at radius 3 is 2.94 bits per heavy atom. The summed E-state index contributed by atoms with van der Waals surface area (Å²) in [5, 5.41) is 4.70. The number of nitrogens with one attached hydrogen (secondary N) is 1. The van der Waals surface area contributed by atoms with Gasteiger partial charge in [0.05, 0.1) is 15.2 Å². The molecule has 0 bridgehead atoms. The second kappa shape index (κ2) is 5.04. The molecule has 1 aliphatic heterocycles. The molecule has 4 heteroatoms. The van der Waals surface area contributed by atoms with Crippen LogP contribution in [-0.2, 0) is 6.42 Å². The third-order valence-electron chi connectivity index (χ3n) is 3.34. The minimum absolute atomic E-state index is 0.815. The molecule has 0 atom stereocenters. The third kappa shape index (κ3) is 2.54. The molecule has 90 valence electrons. The third-order valence-corrected chi connectivity index (χ3v) is 5.02. The summed E-state index contributed by atoms with van der Waals surface area (Å²) in [6.07, 6.45) is 3.72. The predicted molar refractivity (Wildman–Crippen MR) is 76.6 cm³/mol. The van der Waals surface area contributed by atoms with Crippen molar-refractivity contribution in [1.29, 1.82) is 0 Å². The minimum atomic E-state index is 0.815. The number of benzene rings is 1. The molecule has 1 fully saturated rings. The van der Waals surface area contributed by atoms with Crippen LogP contribution in [0.4, 0.5) is 0 Å². The number of fused-ring (bicyclic) bond motifs is 1. The fourth-order valence-electron chi connectivity index (χ4n) is 2.38. The highest BCUT2D eigenvalue weighted by molar-refractivity contribution is 9.10. The van der Waals surface area contributed by atoms with Gasteiger partial charge in [-0.15, -0.1) is 11.3 Å². The maximum Gasteiger partial charge on any atom is 0.0957 e. The highest BCUT2D eigenvalue weighted by Crippen LogP contribution is 2.30. The van der Waals surface area contributed by atoms with Crippen LogP contribution >= 0.6 is 27.3 Å². The Labute approximate surface area is 114 Å². The molecule has 0 radical (unpaired) electrons. The molecule has 1 aromatic carbocycles. The molecule has 3 rings (SSSR count). The number of para-hydroxylation sites is 1. The van der Waals surface area contributed by atoms with Gasteiger partial charge in [0.15, 0.2) is 0 Å². The molecule has 1 saturated heterocycles. The molecule has 0 aliphatic carbocycles. The largest absolute Gasteiger partial charge is 0.317 e. The normalized spacial score (nSPS) is 17.7. The molecule has 0 unspecified atom stereocenters.